The van der Waals surface area contributed by atoms with Crippen LogP contribution in [-0.2, 0) is 26.9 Å². The first kappa shape index (κ1) is 31.4. The van der Waals surface area contributed by atoms with E-state index in [0.717, 1.165) is 0 Å². The van der Waals surface area contributed by atoms with Crippen molar-refractivity contribution in [1.29, 1.82) is 0 Å². The van der Waals surface area contributed by atoms with Crippen molar-refractivity contribution in [3.63, 3.8) is 0 Å². The predicted molar refractivity (Wildman–Crippen MR) is 150 cm³/mol. The Kier molecular flexibility index (Phi) is 9.91. The van der Waals surface area contributed by atoms with Gasteiger partial charge in [-0.1, -0.05) is 0 Å². The van der Waals surface area contributed by atoms with E-state index in [4.69, 9.17) is 22.1 Å². The smallest absolute Gasteiger partial charge is 0.324 e. The summed E-state index contributed by atoms with van der Waals surface area (Å²) >= 11 is 0. The maximum absolute atomic E-state index is 13.8. The van der Waals surface area contributed by atoms with Crippen molar-refractivity contribution in [2.45, 2.75) is 135 Å². The lowest BCUT2D eigenvalue weighted by Crippen LogP contribution is -2.65. The second-order valence-corrected chi connectivity index (χ2v) is 36.6. The van der Waals surface area contributed by atoms with Gasteiger partial charge in [0.1, 0.15) is 0 Å². The van der Waals surface area contributed by atoms with Gasteiger partial charge in [-0.05, 0) is 98.2 Å². The molecule has 0 amide bonds. The molecule has 6 nitrogen and oxygen atoms in total. The largest absolute Gasteiger partial charge is 0.518 e. The topological polar surface area (TPSA) is 63.2 Å². The average molecular weight is 553 g/mol. The van der Waals surface area contributed by atoms with E-state index >= 15 is 0 Å². The standard InChI is InChI=1S/C22H52O6Si5/c1-29(2,3)24-18-16-22(28-33(13,14)15,21(23)27-32(10,11)12)17-19(25-30(4,5)6)20(18)26-31(7,8)9/h18-20H,16-17H2,1-15H3. The number of carbonyl (C=O) groups excluding carboxylic acids is 1. The van der Waals surface area contributed by atoms with Crippen LogP contribution in [0.3, 0.4) is 0 Å². The first-order chi connectivity index (χ1) is 14.3. The molecule has 1 aliphatic rings. The van der Waals surface area contributed by atoms with Gasteiger partial charge in [-0.3, -0.25) is 4.79 Å². The molecule has 0 heterocycles. The molecule has 0 aromatic carbocycles. The highest BCUT2D eigenvalue weighted by atomic mass is 28.4. The van der Waals surface area contributed by atoms with Gasteiger partial charge in [0.15, 0.2) is 38.9 Å². The first-order valence-corrected chi connectivity index (χ1v) is 29.3. The van der Waals surface area contributed by atoms with E-state index in [9.17, 15) is 4.79 Å². The first-order valence-electron chi connectivity index (χ1n) is 12.3. The number of hydrogen-bond donors (Lipinski definition) is 0. The molecule has 11 heteroatoms. The van der Waals surface area contributed by atoms with Gasteiger partial charge in [-0.25, -0.2) is 0 Å². The highest BCUT2D eigenvalue weighted by Crippen LogP contribution is 2.42. The fourth-order valence-electron chi connectivity index (χ4n) is 4.14. The molecule has 33 heavy (non-hydrogen) atoms. The summed E-state index contributed by atoms with van der Waals surface area (Å²) in [5.74, 6) is -0.246. The summed E-state index contributed by atoms with van der Waals surface area (Å²) in [5, 5.41) is 0. The van der Waals surface area contributed by atoms with Crippen molar-refractivity contribution in [1.82, 2.24) is 0 Å². The summed E-state index contributed by atoms with van der Waals surface area (Å²) in [4.78, 5) is 13.8. The van der Waals surface area contributed by atoms with Crippen LogP contribution in [-0.4, -0.2) is 71.5 Å². The second-order valence-electron chi connectivity index (χ2n) is 14.4. The Morgan fingerprint density at radius 3 is 1.21 bits per heavy atom. The molecule has 1 saturated carbocycles. The Morgan fingerprint density at radius 1 is 0.576 bits per heavy atom. The van der Waals surface area contributed by atoms with Crippen LogP contribution in [0.15, 0.2) is 0 Å². The number of rotatable bonds is 10. The quantitative estimate of drug-likeness (QED) is 0.292. The zero-order chi connectivity index (χ0) is 26.3. The second kappa shape index (κ2) is 10.4. The molecule has 0 aromatic heterocycles. The molecule has 0 saturated heterocycles. The highest BCUT2D eigenvalue weighted by molar-refractivity contribution is 6.72. The predicted octanol–water partition coefficient (Wildman–Crippen LogP) is 6.41. The van der Waals surface area contributed by atoms with E-state index in [1.165, 1.54) is 0 Å². The van der Waals surface area contributed by atoms with Gasteiger partial charge in [0.2, 0.25) is 8.32 Å². The zero-order valence-electron chi connectivity index (χ0n) is 24.1. The van der Waals surface area contributed by atoms with Crippen LogP contribution in [0.4, 0.5) is 0 Å². The molecule has 2 atom stereocenters. The van der Waals surface area contributed by atoms with Crippen molar-refractivity contribution >= 4 is 47.6 Å². The van der Waals surface area contributed by atoms with Crippen molar-refractivity contribution < 1.29 is 26.9 Å². The van der Waals surface area contributed by atoms with Crippen LogP contribution in [0.2, 0.25) is 98.2 Å². The Bertz CT molecular complexity index is 641. The molecule has 2 unspecified atom stereocenters. The molecule has 196 valence electrons. The third-order valence-corrected chi connectivity index (χ3v) is 9.37. The Morgan fingerprint density at radius 2 is 0.939 bits per heavy atom. The van der Waals surface area contributed by atoms with Crippen LogP contribution in [0.5, 0.6) is 0 Å². The van der Waals surface area contributed by atoms with Crippen LogP contribution in [0.1, 0.15) is 12.8 Å². The number of hydrogen-bond acceptors (Lipinski definition) is 6. The molecule has 0 N–H and O–H groups in total. The minimum atomic E-state index is -2.12. The summed E-state index contributed by atoms with van der Waals surface area (Å²) < 4.78 is 33.1. The molecular weight excluding hydrogens is 501 g/mol. The zero-order valence-corrected chi connectivity index (χ0v) is 29.1. The third kappa shape index (κ3) is 11.8. The van der Waals surface area contributed by atoms with Crippen molar-refractivity contribution in [3.05, 3.63) is 0 Å². The van der Waals surface area contributed by atoms with Crippen LogP contribution in [0, 0.1) is 0 Å². The molecular formula is C22H52O6Si5. The maximum atomic E-state index is 13.8. The van der Waals surface area contributed by atoms with E-state index in [-0.39, 0.29) is 24.3 Å². The average Bonchev–Trinajstić information content (AvgIpc) is 2.43. The summed E-state index contributed by atoms with van der Waals surface area (Å²) in [6.07, 6.45) is 0.137. The van der Waals surface area contributed by atoms with Gasteiger partial charge in [-0.15, -0.1) is 0 Å². The fraction of sp³-hybridized carbons (Fsp3) is 0.955. The van der Waals surface area contributed by atoms with Crippen molar-refractivity contribution in [3.8, 4) is 0 Å². The van der Waals surface area contributed by atoms with E-state index in [1.807, 2.05) is 19.6 Å². The Labute approximate surface area is 209 Å². The molecule has 1 rings (SSSR count). The van der Waals surface area contributed by atoms with E-state index in [2.05, 4.69) is 78.6 Å². The molecule has 0 spiro atoms. The summed E-state index contributed by atoms with van der Waals surface area (Å²) in [6, 6.07) is 0. The van der Waals surface area contributed by atoms with Crippen LogP contribution < -0.4 is 0 Å². The van der Waals surface area contributed by atoms with Crippen LogP contribution >= 0.6 is 0 Å². The third-order valence-electron chi connectivity index (χ3n) is 4.57. The van der Waals surface area contributed by atoms with Gasteiger partial charge in [0, 0.05) is 12.8 Å². The van der Waals surface area contributed by atoms with E-state index < -0.39 is 47.2 Å². The lowest BCUT2D eigenvalue weighted by atomic mass is 9.80. The van der Waals surface area contributed by atoms with Gasteiger partial charge in [-0.2, -0.15) is 0 Å². The van der Waals surface area contributed by atoms with E-state index in [1.54, 1.807) is 0 Å². The Balaban J connectivity index is 3.64. The minimum Gasteiger partial charge on any atom is -0.518 e. The summed E-state index contributed by atoms with van der Waals surface area (Å²) in [5.41, 5.74) is -1.07. The van der Waals surface area contributed by atoms with Gasteiger partial charge >= 0.3 is 5.97 Å². The lowest BCUT2D eigenvalue weighted by molar-refractivity contribution is -0.175. The molecule has 0 bridgehead atoms. The number of carbonyl (C=O) groups is 1. The van der Waals surface area contributed by atoms with E-state index in [0.29, 0.717) is 12.8 Å². The normalized spacial score (nSPS) is 28.0. The van der Waals surface area contributed by atoms with Crippen LogP contribution in [0.25, 0.3) is 0 Å². The summed E-state index contributed by atoms with van der Waals surface area (Å²) in [7, 11) is -10.0. The molecule has 0 aliphatic heterocycles. The van der Waals surface area contributed by atoms with Crippen molar-refractivity contribution in [2.75, 3.05) is 0 Å². The lowest BCUT2D eigenvalue weighted by Gasteiger charge is -2.52. The molecule has 0 aromatic rings. The molecule has 0 radical (unpaired) electrons. The van der Waals surface area contributed by atoms with Gasteiger partial charge in [0.05, 0.1) is 18.3 Å². The molecule has 1 fully saturated rings. The Hall–Kier alpha value is 0.394. The van der Waals surface area contributed by atoms with Gasteiger partial charge < -0.3 is 22.1 Å². The minimum absolute atomic E-state index is 0.215. The van der Waals surface area contributed by atoms with Gasteiger partial charge in [0.25, 0.3) is 0 Å². The molecule has 1 aliphatic carbocycles. The highest BCUT2D eigenvalue weighted by Gasteiger charge is 2.57. The summed E-state index contributed by atoms with van der Waals surface area (Å²) in [6.45, 7) is 32.2. The monoisotopic (exact) mass is 552 g/mol. The van der Waals surface area contributed by atoms with Crippen molar-refractivity contribution in [2.24, 2.45) is 0 Å². The maximum Gasteiger partial charge on any atom is 0.324 e. The fourth-order valence-corrected chi connectivity index (χ4v) is 9.68. The SMILES string of the molecule is C[Si](C)(C)OC(=O)C1(O[Si](C)(C)C)CC(O[Si](C)(C)C)C(O[Si](C)(C)C)C(O[Si](C)(C)C)C1.